The van der Waals surface area contributed by atoms with Crippen molar-refractivity contribution in [3.8, 4) is 17.2 Å². The normalized spacial score (nSPS) is 17.2. The third-order valence-electron chi connectivity index (χ3n) is 5.00. The van der Waals surface area contributed by atoms with Crippen LogP contribution >= 0.6 is 0 Å². The zero-order valence-corrected chi connectivity index (χ0v) is 15.8. The van der Waals surface area contributed by atoms with Gasteiger partial charge in [0.1, 0.15) is 12.1 Å². The molecule has 0 radical (unpaired) electrons. The van der Waals surface area contributed by atoms with E-state index >= 15 is 0 Å². The Kier molecular flexibility index (Phi) is 5.16. The van der Waals surface area contributed by atoms with Gasteiger partial charge in [-0.1, -0.05) is 30.3 Å². The molecule has 148 valence electrons. The van der Waals surface area contributed by atoms with E-state index in [0.717, 1.165) is 22.2 Å². The number of carbonyl (C=O) groups excluding carboxylic acids is 1. The number of benzene rings is 2. The quantitative estimate of drug-likeness (QED) is 0.677. The second-order valence-electron chi connectivity index (χ2n) is 6.95. The van der Waals surface area contributed by atoms with Crippen LogP contribution in [0.3, 0.4) is 0 Å². The lowest BCUT2D eigenvalue weighted by molar-refractivity contribution is -0.129. The zero-order valence-electron chi connectivity index (χ0n) is 15.8. The van der Waals surface area contributed by atoms with Gasteiger partial charge >= 0.3 is 5.76 Å². The predicted molar refractivity (Wildman–Crippen MR) is 106 cm³/mol. The van der Waals surface area contributed by atoms with Crippen LogP contribution < -0.4 is 16.4 Å². The van der Waals surface area contributed by atoms with Crippen molar-refractivity contribution in [1.29, 1.82) is 5.26 Å². The standard InChI is InChI=1S/C21H20N4O4/c1-25-17-9-15(6-7-18(17)29-21(25)27)14-4-2-13(3-5-14)8-16(10-22)24-20(26)19-11-23-12-28-19/h2-7,9,16,19,23H,8,11-12H2,1H3,(H,24,26)/t16-,19-/m0/s1. The van der Waals surface area contributed by atoms with Crippen molar-refractivity contribution in [2.24, 2.45) is 7.05 Å². The molecule has 1 aliphatic rings. The molecule has 3 aromatic rings. The van der Waals surface area contributed by atoms with Crippen molar-refractivity contribution in [1.82, 2.24) is 15.2 Å². The first kappa shape index (κ1) is 18.9. The first-order chi connectivity index (χ1) is 14.0. The molecule has 1 amide bonds. The van der Waals surface area contributed by atoms with E-state index in [9.17, 15) is 14.9 Å². The first-order valence-corrected chi connectivity index (χ1v) is 9.26. The van der Waals surface area contributed by atoms with Gasteiger partial charge in [0.15, 0.2) is 5.58 Å². The Hall–Kier alpha value is -3.41. The fourth-order valence-corrected chi connectivity index (χ4v) is 3.35. The monoisotopic (exact) mass is 392 g/mol. The molecule has 29 heavy (non-hydrogen) atoms. The molecule has 8 nitrogen and oxygen atoms in total. The highest BCUT2D eigenvalue weighted by Crippen LogP contribution is 2.24. The average Bonchev–Trinajstić information content (AvgIpc) is 3.37. The summed E-state index contributed by atoms with van der Waals surface area (Å²) in [6, 6.07) is 14.8. The summed E-state index contributed by atoms with van der Waals surface area (Å²) < 4.78 is 11.9. The predicted octanol–water partition coefficient (Wildman–Crippen LogP) is 1.30. The molecule has 1 aromatic heterocycles. The summed E-state index contributed by atoms with van der Waals surface area (Å²) in [6.45, 7) is 0.792. The molecule has 2 atom stereocenters. The van der Waals surface area contributed by atoms with E-state index in [1.165, 1.54) is 4.57 Å². The summed E-state index contributed by atoms with van der Waals surface area (Å²) in [5.41, 5.74) is 4.14. The number of amides is 1. The molecule has 8 heteroatoms. The lowest BCUT2D eigenvalue weighted by atomic mass is 10.0. The van der Waals surface area contributed by atoms with Crippen LogP contribution in [0.15, 0.2) is 51.7 Å². The highest BCUT2D eigenvalue weighted by Gasteiger charge is 2.25. The molecule has 0 spiro atoms. The molecule has 0 aliphatic carbocycles. The first-order valence-electron chi connectivity index (χ1n) is 9.26. The Balaban J connectivity index is 1.47. The lowest BCUT2D eigenvalue weighted by Crippen LogP contribution is -2.43. The minimum absolute atomic E-state index is 0.280. The fourth-order valence-electron chi connectivity index (χ4n) is 3.35. The SMILES string of the molecule is Cn1c(=O)oc2ccc(-c3ccc(C[C@@H](C#N)NC(=O)[C@@H]4CNCO4)cc3)cc21. The number of rotatable bonds is 5. The average molecular weight is 392 g/mol. The molecule has 0 saturated carbocycles. The Morgan fingerprint density at radius 3 is 2.76 bits per heavy atom. The van der Waals surface area contributed by atoms with Crippen LogP contribution in [0.5, 0.6) is 0 Å². The molecule has 1 aliphatic heterocycles. The molecule has 1 saturated heterocycles. The summed E-state index contributed by atoms with van der Waals surface area (Å²) in [4.78, 5) is 23.8. The summed E-state index contributed by atoms with van der Waals surface area (Å²) in [7, 11) is 1.67. The van der Waals surface area contributed by atoms with Gasteiger partial charge in [0.25, 0.3) is 5.91 Å². The van der Waals surface area contributed by atoms with Crippen LogP contribution in [0.25, 0.3) is 22.2 Å². The van der Waals surface area contributed by atoms with Crippen LogP contribution in [0.4, 0.5) is 0 Å². The molecular formula is C21H20N4O4. The Bertz CT molecular complexity index is 1130. The van der Waals surface area contributed by atoms with E-state index < -0.39 is 17.9 Å². The fraction of sp³-hybridized carbons (Fsp3) is 0.286. The summed E-state index contributed by atoms with van der Waals surface area (Å²) in [5, 5.41) is 15.0. The number of nitriles is 1. The number of fused-ring (bicyclic) bond motifs is 1. The van der Waals surface area contributed by atoms with Gasteiger partial charge < -0.3 is 14.5 Å². The van der Waals surface area contributed by atoms with Crippen molar-refractivity contribution in [2.45, 2.75) is 18.6 Å². The van der Waals surface area contributed by atoms with Crippen LogP contribution in [0, 0.1) is 11.3 Å². The number of ether oxygens (including phenoxy) is 1. The number of nitrogens with zero attached hydrogens (tertiary/aromatic N) is 2. The summed E-state index contributed by atoms with van der Waals surface area (Å²) in [6.07, 6.45) is -0.153. The third kappa shape index (κ3) is 3.92. The maximum absolute atomic E-state index is 12.1. The molecule has 2 N–H and O–H groups in total. The lowest BCUT2D eigenvalue weighted by Gasteiger charge is -2.15. The zero-order chi connectivity index (χ0) is 20.4. The molecule has 1 fully saturated rings. The van der Waals surface area contributed by atoms with E-state index in [2.05, 4.69) is 16.7 Å². The van der Waals surface area contributed by atoms with Crippen molar-refractivity contribution in [3.05, 3.63) is 58.6 Å². The summed E-state index contributed by atoms with van der Waals surface area (Å²) >= 11 is 0. The molecular weight excluding hydrogens is 372 g/mol. The largest absolute Gasteiger partial charge is 0.419 e. The van der Waals surface area contributed by atoms with Gasteiger partial charge in [-0.05, 0) is 28.8 Å². The van der Waals surface area contributed by atoms with Gasteiger partial charge in [-0.15, -0.1) is 0 Å². The smallest absolute Gasteiger partial charge is 0.408 e. The van der Waals surface area contributed by atoms with Gasteiger partial charge in [0.05, 0.1) is 18.3 Å². The maximum atomic E-state index is 12.1. The third-order valence-corrected chi connectivity index (χ3v) is 5.00. The van der Waals surface area contributed by atoms with Gasteiger partial charge in [0.2, 0.25) is 0 Å². The molecule has 0 bridgehead atoms. The van der Waals surface area contributed by atoms with Gasteiger partial charge in [-0.25, -0.2) is 4.79 Å². The van der Waals surface area contributed by atoms with Crippen molar-refractivity contribution in [2.75, 3.05) is 13.3 Å². The van der Waals surface area contributed by atoms with Crippen LogP contribution in [-0.2, 0) is 23.0 Å². The number of hydrogen-bond donors (Lipinski definition) is 2. The number of aromatic nitrogens is 1. The van der Waals surface area contributed by atoms with Crippen LogP contribution in [0.2, 0.25) is 0 Å². The molecule has 0 unspecified atom stereocenters. The topological polar surface area (TPSA) is 109 Å². The molecule has 4 rings (SSSR count). The van der Waals surface area contributed by atoms with E-state index in [-0.39, 0.29) is 5.91 Å². The number of nitrogens with one attached hydrogen (secondary N) is 2. The highest BCUT2D eigenvalue weighted by atomic mass is 16.5. The number of hydrogen-bond acceptors (Lipinski definition) is 6. The highest BCUT2D eigenvalue weighted by molar-refractivity contribution is 5.82. The van der Waals surface area contributed by atoms with E-state index in [1.54, 1.807) is 13.1 Å². The maximum Gasteiger partial charge on any atom is 0.419 e. The van der Waals surface area contributed by atoms with Gasteiger partial charge in [0, 0.05) is 20.0 Å². The number of oxazole rings is 1. The van der Waals surface area contributed by atoms with E-state index in [0.29, 0.717) is 25.3 Å². The molecule has 2 aromatic carbocycles. The van der Waals surface area contributed by atoms with Crippen molar-refractivity contribution in [3.63, 3.8) is 0 Å². The van der Waals surface area contributed by atoms with Gasteiger partial charge in [-0.2, -0.15) is 5.26 Å². The van der Waals surface area contributed by atoms with Crippen molar-refractivity contribution < 1.29 is 13.9 Å². The van der Waals surface area contributed by atoms with Crippen LogP contribution in [-0.4, -0.2) is 35.9 Å². The minimum atomic E-state index is -0.630. The minimum Gasteiger partial charge on any atom is -0.408 e. The Labute approximate surface area is 166 Å². The second-order valence-corrected chi connectivity index (χ2v) is 6.95. The van der Waals surface area contributed by atoms with E-state index in [4.69, 9.17) is 9.15 Å². The van der Waals surface area contributed by atoms with Crippen LogP contribution in [0.1, 0.15) is 5.56 Å². The molecule has 2 heterocycles. The van der Waals surface area contributed by atoms with Crippen molar-refractivity contribution >= 4 is 17.0 Å². The Morgan fingerprint density at radius 2 is 2.07 bits per heavy atom. The second kappa shape index (κ2) is 7.91. The number of aryl methyl sites for hydroxylation is 1. The van der Waals surface area contributed by atoms with Gasteiger partial charge in [-0.3, -0.25) is 14.7 Å². The van der Waals surface area contributed by atoms with E-state index in [1.807, 2.05) is 36.4 Å². The Morgan fingerprint density at radius 1 is 1.31 bits per heavy atom. The number of carbonyl (C=O) groups is 1. The summed E-state index contributed by atoms with van der Waals surface area (Å²) in [5.74, 6) is -0.673.